The molecule has 0 aliphatic rings. The van der Waals surface area contributed by atoms with Crippen LogP contribution in [0.4, 0.5) is 15.8 Å². The third-order valence-electron chi connectivity index (χ3n) is 3.87. The number of hydrogen-bond acceptors (Lipinski definition) is 3. The van der Waals surface area contributed by atoms with Gasteiger partial charge in [-0.25, -0.2) is 9.37 Å². The van der Waals surface area contributed by atoms with Crippen LogP contribution in [-0.4, -0.2) is 23.5 Å². The number of halogens is 1. The number of anilines is 2. The van der Waals surface area contributed by atoms with Crippen LogP contribution in [0.1, 0.15) is 16.2 Å². The second-order valence-corrected chi connectivity index (χ2v) is 5.93. The van der Waals surface area contributed by atoms with Crippen molar-refractivity contribution < 1.29 is 14.0 Å². The monoisotopic (exact) mass is 363 g/mol. The number of hydrogen-bond donors (Lipinski definition) is 2. The van der Waals surface area contributed by atoms with Gasteiger partial charge in [-0.15, -0.1) is 0 Å². The van der Waals surface area contributed by atoms with Crippen LogP contribution in [0.15, 0.2) is 66.7 Å². The van der Waals surface area contributed by atoms with E-state index < -0.39 is 12.6 Å². The molecule has 0 fully saturated rings. The highest BCUT2D eigenvalue weighted by Crippen LogP contribution is 2.29. The summed E-state index contributed by atoms with van der Waals surface area (Å²) in [6.07, 6.45) is 0. The van der Waals surface area contributed by atoms with Crippen LogP contribution in [0.3, 0.4) is 0 Å². The average Bonchev–Trinajstić information content (AvgIpc) is 2.68. The Morgan fingerprint density at radius 3 is 2.52 bits per heavy atom. The SMILES string of the molecule is Cc1cccc(C(=O)Nc2cccc(-c3ccccc3NC(=O)CF)c2)n1. The summed E-state index contributed by atoms with van der Waals surface area (Å²) < 4.78 is 12.5. The number of para-hydroxylation sites is 1. The van der Waals surface area contributed by atoms with E-state index in [0.29, 0.717) is 17.1 Å². The van der Waals surface area contributed by atoms with Crippen molar-refractivity contribution in [3.05, 3.63) is 78.1 Å². The minimum Gasteiger partial charge on any atom is -0.323 e. The summed E-state index contributed by atoms with van der Waals surface area (Å²) >= 11 is 0. The molecule has 1 aromatic heterocycles. The van der Waals surface area contributed by atoms with Gasteiger partial charge in [0.05, 0.1) is 0 Å². The fourth-order valence-electron chi connectivity index (χ4n) is 2.66. The number of alkyl halides is 1. The molecule has 3 rings (SSSR count). The third-order valence-corrected chi connectivity index (χ3v) is 3.87. The van der Waals surface area contributed by atoms with Crippen LogP contribution in [-0.2, 0) is 4.79 Å². The molecule has 0 spiro atoms. The van der Waals surface area contributed by atoms with Crippen molar-refractivity contribution >= 4 is 23.2 Å². The quantitative estimate of drug-likeness (QED) is 0.713. The Labute approximate surface area is 156 Å². The van der Waals surface area contributed by atoms with Gasteiger partial charge in [-0.2, -0.15) is 0 Å². The highest BCUT2D eigenvalue weighted by Gasteiger charge is 2.11. The lowest BCUT2D eigenvalue weighted by Gasteiger charge is -2.12. The summed E-state index contributed by atoms with van der Waals surface area (Å²) in [6, 6.07) is 19.5. The Balaban J connectivity index is 1.86. The summed E-state index contributed by atoms with van der Waals surface area (Å²) in [6.45, 7) is 0.730. The number of benzene rings is 2. The topological polar surface area (TPSA) is 71.1 Å². The molecule has 6 heteroatoms. The smallest absolute Gasteiger partial charge is 0.274 e. The van der Waals surface area contributed by atoms with Crippen LogP contribution in [0, 0.1) is 6.92 Å². The zero-order chi connectivity index (χ0) is 19.2. The molecule has 27 heavy (non-hydrogen) atoms. The molecule has 3 aromatic rings. The molecule has 0 unspecified atom stereocenters. The maximum absolute atomic E-state index is 12.5. The number of amides is 2. The number of aryl methyl sites for hydroxylation is 1. The third kappa shape index (κ3) is 4.55. The molecule has 2 aromatic carbocycles. The summed E-state index contributed by atoms with van der Waals surface area (Å²) in [7, 11) is 0. The number of pyridine rings is 1. The number of nitrogens with zero attached hydrogens (tertiary/aromatic N) is 1. The molecule has 0 radical (unpaired) electrons. The lowest BCUT2D eigenvalue weighted by Crippen LogP contribution is -2.14. The van der Waals surface area contributed by atoms with Gasteiger partial charge in [0, 0.05) is 22.6 Å². The van der Waals surface area contributed by atoms with Gasteiger partial charge in [-0.1, -0.05) is 36.4 Å². The van der Waals surface area contributed by atoms with Crippen molar-refractivity contribution in [3.63, 3.8) is 0 Å². The Hall–Kier alpha value is -3.54. The van der Waals surface area contributed by atoms with Crippen molar-refractivity contribution in [2.75, 3.05) is 17.3 Å². The molecule has 0 saturated carbocycles. The van der Waals surface area contributed by atoms with Gasteiger partial charge < -0.3 is 10.6 Å². The molecule has 0 atom stereocenters. The van der Waals surface area contributed by atoms with Gasteiger partial charge in [-0.3, -0.25) is 9.59 Å². The molecule has 2 N–H and O–H groups in total. The Morgan fingerprint density at radius 1 is 0.963 bits per heavy atom. The van der Waals surface area contributed by atoms with E-state index in [1.165, 1.54) is 0 Å². The van der Waals surface area contributed by atoms with Gasteiger partial charge >= 0.3 is 0 Å². The van der Waals surface area contributed by atoms with Gasteiger partial charge in [-0.05, 0) is 42.8 Å². The van der Waals surface area contributed by atoms with Crippen LogP contribution < -0.4 is 10.6 Å². The fraction of sp³-hybridized carbons (Fsp3) is 0.0952. The van der Waals surface area contributed by atoms with Gasteiger partial charge in [0.15, 0.2) is 6.67 Å². The molecule has 0 aliphatic heterocycles. The van der Waals surface area contributed by atoms with E-state index in [1.54, 1.807) is 42.5 Å². The van der Waals surface area contributed by atoms with Crippen molar-refractivity contribution in [3.8, 4) is 11.1 Å². The molecule has 5 nitrogen and oxygen atoms in total. The standard InChI is InChI=1S/C21H18FN3O2/c1-14-6-4-11-19(23-14)21(27)24-16-8-5-7-15(12-16)17-9-2-3-10-18(17)25-20(26)13-22/h2-12H,13H2,1H3,(H,24,27)(H,25,26). The largest absolute Gasteiger partial charge is 0.323 e. The van der Waals surface area contributed by atoms with Crippen molar-refractivity contribution in [2.24, 2.45) is 0 Å². The summed E-state index contributed by atoms with van der Waals surface area (Å²) in [5.41, 5.74) is 3.69. The highest BCUT2D eigenvalue weighted by molar-refractivity contribution is 6.03. The molecule has 136 valence electrons. The van der Waals surface area contributed by atoms with E-state index in [2.05, 4.69) is 15.6 Å². The molecular formula is C21H18FN3O2. The molecule has 0 bridgehead atoms. The number of carbonyl (C=O) groups is 2. The van der Waals surface area contributed by atoms with Gasteiger partial charge in [0.2, 0.25) is 0 Å². The van der Waals surface area contributed by atoms with Crippen molar-refractivity contribution in [2.45, 2.75) is 6.92 Å². The maximum atomic E-state index is 12.5. The first-order valence-corrected chi connectivity index (χ1v) is 8.37. The minimum atomic E-state index is -1.09. The van der Waals surface area contributed by atoms with Gasteiger partial charge in [0.1, 0.15) is 5.69 Å². The second-order valence-electron chi connectivity index (χ2n) is 5.93. The predicted molar refractivity (Wildman–Crippen MR) is 103 cm³/mol. The Morgan fingerprint density at radius 2 is 1.74 bits per heavy atom. The van der Waals surface area contributed by atoms with Crippen LogP contribution >= 0.6 is 0 Å². The zero-order valence-corrected chi connectivity index (χ0v) is 14.7. The highest BCUT2D eigenvalue weighted by atomic mass is 19.1. The van der Waals surface area contributed by atoms with E-state index in [0.717, 1.165) is 16.8 Å². The van der Waals surface area contributed by atoms with Crippen LogP contribution in [0.2, 0.25) is 0 Å². The van der Waals surface area contributed by atoms with E-state index >= 15 is 0 Å². The first-order chi connectivity index (χ1) is 13.1. The normalized spacial score (nSPS) is 10.3. The van der Waals surface area contributed by atoms with Gasteiger partial charge in [0.25, 0.3) is 11.8 Å². The molecule has 0 saturated heterocycles. The summed E-state index contributed by atoms with van der Waals surface area (Å²) in [5, 5.41) is 5.36. The predicted octanol–water partition coefficient (Wildman–Crippen LogP) is 4.22. The minimum absolute atomic E-state index is 0.310. The summed E-state index contributed by atoms with van der Waals surface area (Å²) in [5.74, 6) is -1.02. The first kappa shape index (κ1) is 18.3. The average molecular weight is 363 g/mol. The Bertz CT molecular complexity index is 988. The molecular weight excluding hydrogens is 345 g/mol. The number of nitrogens with one attached hydrogen (secondary N) is 2. The van der Waals surface area contributed by atoms with E-state index in [-0.39, 0.29) is 5.91 Å². The maximum Gasteiger partial charge on any atom is 0.274 e. The van der Waals surface area contributed by atoms with E-state index in [9.17, 15) is 14.0 Å². The van der Waals surface area contributed by atoms with Crippen molar-refractivity contribution in [1.82, 2.24) is 4.98 Å². The fourth-order valence-corrected chi connectivity index (χ4v) is 2.66. The van der Waals surface area contributed by atoms with E-state index in [4.69, 9.17) is 0 Å². The van der Waals surface area contributed by atoms with Crippen molar-refractivity contribution in [1.29, 1.82) is 0 Å². The summed E-state index contributed by atoms with van der Waals surface area (Å²) in [4.78, 5) is 28.0. The number of aromatic nitrogens is 1. The molecule has 2 amide bonds. The van der Waals surface area contributed by atoms with E-state index in [1.807, 2.05) is 31.2 Å². The number of carbonyl (C=O) groups excluding carboxylic acids is 2. The second kappa shape index (κ2) is 8.23. The van der Waals surface area contributed by atoms with Crippen LogP contribution in [0.5, 0.6) is 0 Å². The first-order valence-electron chi connectivity index (χ1n) is 8.37. The van der Waals surface area contributed by atoms with Crippen LogP contribution in [0.25, 0.3) is 11.1 Å². The molecule has 0 aliphatic carbocycles. The number of rotatable bonds is 5. The molecule has 1 heterocycles. The zero-order valence-electron chi connectivity index (χ0n) is 14.7. The Kier molecular flexibility index (Phi) is 5.56. The lowest BCUT2D eigenvalue weighted by atomic mass is 10.0. The lowest BCUT2D eigenvalue weighted by molar-refractivity contribution is -0.117.